The van der Waals surface area contributed by atoms with Crippen LogP contribution in [0.1, 0.15) is 42.6 Å². The van der Waals surface area contributed by atoms with Gasteiger partial charge in [-0.3, -0.25) is 4.79 Å². The van der Waals surface area contributed by atoms with Gasteiger partial charge in [-0.15, -0.1) is 0 Å². The topological polar surface area (TPSA) is 76.2 Å². The number of nitrogens with zero attached hydrogens (tertiary/aromatic N) is 2. The van der Waals surface area contributed by atoms with Gasteiger partial charge in [0.1, 0.15) is 0 Å². The first-order valence-corrected chi connectivity index (χ1v) is 12.5. The van der Waals surface area contributed by atoms with Crippen LogP contribution in [0.25, 0.3) is 0 Å². The van der Waals surface area contributed by atoms with Gasteiger partial charge in [0, 0.05) is 31.9 Å². The van der Waals surface area contributed by atoms with Crippen molar-refractivity contribution in [1.29, 1.82) is 0 Å². The van der Waals surface area contributed by atoms with E-state index in [1.54, 1.807) is 35.2 Å². The van der Waals surface area contributed by atoms with Gasteiger partial charge in [-0.25, -0.2) is 12.7 Å². The zero-order chi connectivity index (χ0) is 23.5. The number of carbonyl (C=O) groups excluding carboxylic acids is 1. The van der Waals surface area contributed by atoms with Crippen LogP contribution in [0.5, 0.6) is 11.5 Å². The molecule has 0 atom stereocenters. The van der Waals surface area contributed by atoms with E-state index in [0.29, 0.717) is 54.0 Å². The summed E-state index contributed by atoms with van der Waals surface area (Å²) in [4.78, 5) is 15.3. The number of ether oxygens (including phenoxy) is 2. The van der Waals surface area contributed by atoms with Crippen LogP contribution < -0.4 is 14.4 Å². The van der Waals surface area contributed by atoms with Crippen molar-refractivity contribution in [2.75, 3.05) is 38.8 Å². The summed E-state index contributed by atoms with van der Waals surface area (Å²) in [5.74, 6) is 0.644. The van der Waals surface area contributed by atoms with E-state index in [9.17, 15) is 13.2 Å². The largest absolute Gasteiger partial charge is 0.490 e. The predicted molar refractivity (Wildman–Crippen MR) is 126 cm³/mol. The highest BCUT2D eigenvalue weighted by Gasteiger charge is 2.27. The van der Waals surface area contributed by atoms with E-state index in [-0.39, 0.29) is 10.8 Å². The molecule has 9 heteroatoms. The van der Waals surface area contributed by atoms with Crippen LogP contribution >= 0.6 is 11.6 Å². The minimum Gasteiger partial charge on any atom is -0.490 e. The molecular weight excluding hydrogens is 452 g/mol. The van der Waals surface area contributed by atoms with Gasteiger partial charge in [0.25, 0.3) is 5.91 Å². The molecule has 0 spiro atoms. The predicted octanol–water partition coefficient (Wildman–Crippen LogP) is 4.37. The van der Waals surface area contributed by atoms with Gasteiger partial charge in [-0.2, -0.15) is 0 Å². The maximum atomic E-state index is 13.4. The van der Waals surface area contributed by atoms with Crippen molar-refractivity contribution < 1.29 is 22.7 Å². The van der Waals surface area contributed by atoms with E-state index in [1.165, 1.54) is 18.4 Å². The number of fused-ring (bicyclic) bond motifs is 1. The number of carbonyl (C=O) groups is 1. The zero-order valence-corrected chi connectivity index (χ0v) is 20.4. The molecule has 32 heavy (non-hydrogen) atoms. The molecule has 2 aromatic rings. The van der Waals surface area contributed by atoms with Crippen molar-refractivity contribution in [3.05, 3.63) is 46.5 Å². The molecule has 0 radical (unpaired) electrons. The van der Waals surface area contributed by atoms with E-state index in [2.05, 4.69) is 0 Å². The van der Waals surface area contributed by atoms with E-state index in [4.69, 9.17) is 21.1 Å². The number of sulfonamides is 1. The highest BCUT2D eigenvalue weighted by Crippen LogP contribution is 2.38. The Balaban J connectivity index is 1.97. The van der Waals surface area contributed by atoms with Gasteiger partial charge < -0.3 is 14.4 Å². The Bertz CT molecular complexity index is 1100. The second-order valence-corrected chi connectivity index (χ2v) is 10.3. The molecule has 0 saturated carbocycles. The van der Waals surface area contributed by atoms with Crippen molar-refractivity contribution in [3.63, 3.8) is 0 Å². The van der Waals surface area contributed by atoms with Gasteiger partial charge in [-0.05, 0) is 62.1 Å². The molecule has 2 aromatic carbocycles. The lowest BCUT2D eigenvalue weighted by Gasteiger charge is -2.30. The van der Waals surface area contributed by atoms with E-state index in [0.717, 1.165) is 18.4 Å². The minimum absolute atomic E-state index is 0.217. The number of benzene rings is 2. The third-order valence-electron chi connectivity index (χ3n) is 5.20. The molecule has 1 aliphatic rings. The molecule has 0 bridgehead atoms. The van der Waals surface area contributed by atoms with E-state index >= 15 is 0 Å². The average Bonchev–Trinajstić information content (AvgIpc) is 2.77. The molecule has 0 saturated heterocycles. The van der Waals surface area contributed by atoms with E-state index in [1.807, 2.05) is 13.8 Å². The fourth-order valence-electron chi connectivity index (χ4n) is 3.61. The van der Waals surface area contributed by atoms with Gasteiger partial charge in [0.05, 0.1) is 23.1 Å². The Morgan fingerprint density at radius 2 is 1.91 bits per heavy atom. The molecule has 1 aliphatic heterocycles. The van der Waals surface area contributed by atoms with Gasteiger partial charge in [0.15, 0.2) is 11.5 Å². The number of amides is 1. The lowest BCUT2D eigenvalue weighted by molar-refractivity contribution is 0.0984. The molecule has 3 rings (SSSR count). The molecule has 0 aromatic heterocycles. The van der Waals surface area contributed by atoms with Gasteiger partial charge >= 0.3 is 0 Å². The summed E-state index contributed by atoms with van der Waals surface area (Å²) in [5, 5.41) is 0.317. The van der Waals surface area contributed by atoms with Crippen LogP contribution in [0.4, 0.5) is 5.69 Å². The monoisotopic (exact) mass is 480 g/mol. The first-order valence-electron chi connectivity index (χ1n) is 10.7. The number of halogens is 1. The molecule has 174 valence electrons. The third-order valence-corrected chi connectivity index (χ3v) is 7.29. The van der Waals surface area contributed by atoms with Crippen LogP contribution in [-0.2, 0) is 16.4 Å². The smallest absolute Gasteiger partial charge is 0.258 e. The summed E-state index contributed by atoms with van der Waals surface area (Å²) < 4.78 is 37.6. The van der Waals surface area contributed by atoms with Crippen LogP contribution in [0.15, 0.2) is 35.2 Å². The quantitative estimate of drug-likeness (QED) is 0.560. The summed E-state index contributed by atoms with van der Waals surface area (Å²) >= 11 is 6.44. The van der Waals surface area contributed by atoms with Gasteiger partial charge in [-0.1, -0.05) is 18.5 Å². The number of aryl methyl sites for hydroxylation is 1. The average molecular weight is 481 g/mol. The summed E-state index contributed by atoms with van der Waals surface area (Å²) in [6.07, 6.45) is 2.25. The first-order chi connectivity index (χ1) is 15.2. The Kier molecular flexibility index (Phi) is 7.69. The highest BCUT2D eigenvalue weighted by molar-refractivity contribution is 7.89. The van der Waals surface area contributed by atoms with Gasteiger partial charge in [0.2, 0.25) is 10.0 Å². The Hall–Kier alpha value is -2.29. The summed E-state index contributed by atoms with van der Waals surface area (Å²) in [7, 11) is -0.552. The van der Waals surface area contributed by atoms with E-state index < -0.39 is 10.0 Å². The van der Waals surface area contributed by atoms with Crippen molar-refractivity contribution in [2.24, 2.45) is 0 Å². The number of rotatable bonds is 8. The fraction of sp³-hybridized carbons (Fsp3) is 0.435. The zero-order valence-electron chi connectivity index (χ0n) is 18.9. The number of anilines is 1. The summed E-state index contributed by atoms with van der Waals surface area (Å²) in [5.41, 5.74) is 1.92. The standard InChI is InChI=1S/C23H29ClN2O5S/c1-5-12-31-22-19(24)14-17(15-21(22)30-6-2)23(27)26-11-7-8-16-13-18(9-10-20(16)26)32(28,29)25(3)4/h9-10,13-15H,5-8,11-12H2,1-4H3. The lowest BCUT2D eigenvalue weighted by Crippen LogP contribution is -2.35. The van der Waals surface area contributed by atoms with Crippen LogP contribution in [0.2, 0.25) is 5.02 Å². The Morgan fingerprint density at radius 1 is 1.16 bits per heavy atom. The number of hydrogen-bond acceptors (Lipinski definition) is 5. The van der Waals surface area contributed by atoms with Crippen molar-refractivity contribution >= 4 is 33.2 Å². The van der Waals surface area contributed by atoms with Crippen molar-refractivity contribution in [2.45, 2.75) is 38.0 Å². The molecule has 1 heterocycles. The van der Waals surface area contributed by atoms with Crippen LogP contribution in [0.3, 0.4) is 0 Å². The molecule has 7 nitrogen and oxygen atoms in total. The molecule has 0 unspecified atom stereocenters. The molecule has 0 fully saturated rings. The normalized spacial score (nSPS) is 13.8. The Labute approximate surface area is 194 Å². The maximum Gasteiger partial charge on any atom is 0.258 e. The van der Waals surface area contributed by atoms with Crippen molar-refractivity contribution in [3.8, 4) is 11.5 Å². The minimum atomic E-state index is -3.55. The molecular formula is C23H29ClN2O5S. The van der Waals surface area contributed by atoms with Crippen LogP contribution in [0, 0.1) is 0 Å². The van der Waals surface area contributed by atoms with Crippen molar-refractivity contribution in [1.82, 2.24) is 4.31 Å². The third kappa shape index (κ3) is 4.87. The fourth-order valence-corrected chi connectivity index (χ4v) is 4.83. The van der Waals surface area contributed by atoms with Crippen LogP contribution in [-0.4, -0.2) is 52.5 Å². The Morgan fingerprint density at radius 3 is 2.56 bits per heavy atom. The summed E-state index contributed by atoms with van der Waals surface area (Å²) in [6.45, 7) is 5.28. The number of hydrogen-bond donors (Lipinski definition) is 0. The molecule has 0 aliphatic carbocycles. The first kappa shape index (κ1) is 24.4. The lowest BCUT2D eigenvalue weighted by atomic mass is 10.0. The maximum absolute atomic E-state index is 13.4. The molecule has 0 N–H and O–H groups in total. The summed E-state index contributed by atoms with van der Waals surface area (Å²) in [6, 6.07) is 8.15. The second-order valence-electron chi connectivity index (χ2n) is 7.71. The molecule has 1 amide bonds. The highest BCUT2D eigenvalue weighted by atomic mass is 35.5. The second kappa shape index (κ2) is 10.1. The SMILES string of the molecule is CCCOc1c(Cl)cc(C(=O)N2CCCc3cc(S(=O)(=O)N(C)C)ccc32)cc1OCC.